The summed E-state index contributed by atoms with van der Waals surface area (Å²) in [6, 6.07) is 8.59. The SMILES string of the molecule is CCCN(CCC)c1ccc(CN)cc1. The van der Waals surface area contributed by atoms with Crippen molar-refractivity contribution in [3.8, 4) is 0 Å². The monoisotopic (exact) mass is 206 g/mol. The number of rotatable bonds is 6. The highest BCUT2D eigenvalue weighted by atomic mass is 15.1. The van der Waals surface area contributed by atoms with Gasteiger partial charge in [-0.15, -0.1) is 0 Å². The molecule has 0 radical (unpaired) electrons. The van der Waals surface area contributed by atoms with Crippen LogP contribution in [0.1, 0.15) is 32.3 Å². The Morgan fingerprint density at radius 1 is 1.00 bits per heavy atom. The van der Waals surface area contributed by atoms with Crippen LogP contribution < -0.4 is 10.6 Å². The zero-order valence-electron chi connectivity index (χ0n) is 9.87. The van der Waals surface area contributed by atoms with E-state index in [0.29, 0.717) is 6.54 Å². The number of anilines is 1. The lowest BCUT2D eigenvalue weighted by molar-refractivity contribution is 0.745. The van der Waals surface area contributed by atoms with Gasteiger partial charge in [0.1, 0.15) is 0 Å². The van der Waals surface area contributed by atoms with Gasteiger partial charge in [0.25, 0.3) is 0 Å². The van der Waals surface area contributed by atoms with Crippen molar-refractivity contribution in [2.24, 2.45) is 5.73 Å². The molecule has 1 rings (SSSR count). The third-order valence-corrected chi connectivity index (χ3v) is 2.52. The molecule has 0 saturated heterocycles. The first-order valence-electron chi connectivity index (χ1n) is 5.85. The van der Waals surface area contributed by atoms with Gasteiger partial charge < -0.3 is 10.6 Å². The molecular formula is C13H22N2. The Balaban J connectivity index is 2.72. The van der Waals surface area contributed by atoms with Gasteiger partial charge in [-0.2, -0.15) is 0 Å². The largest absolute Gasteiger partial charge is 0.372 e. The maximum Gasteiger partial charge on any atom is 0.0366 e. The van der Waals surface area contributed by atoms with Gasteiger partial charge in [0, 0.05) is 25.3 Å². The van der Waals surface area contributed by atoms with Gasteiger partial charge in [-0.1, -0.05) is 26.0 Å². The first kappa shape index (κ1) is 12.1. The number of hydrogen-bond donors (Lipinski definition) is 1. The van der Waals surface area contributed by atoms with Crippen molar-refractivity contribution in [1.82, 2.24) is 0 Å². The van der Waals surface area contributed by atoms with Crippen LogP contribution in [0.3, 0.4) is 0 Å². The quantitative estimate of drug-likeness (QED) is 0.775. The second-order valence-corrected chi connectivity index (χ2v) is 3.86. The Morgan fingerprint density at radius 3 is 1.93 bits per heavy atom. The highest BCUT2D eigenvalue weighted by Crippen LogP contribution is 2.15. The molecule has 1 aromatic rings. The van der Waals surface area contributed by atoms with E-state index in [2.05, 4.69) is 43.0 Å². The second kappa shape index (κ2) is 6.46. The Labute approximate surface area is 93.1 Å². The summed E-state index contributed by atoms with van der Waals surface area (Å²) in [4.78, 5) is 2.43. The van der Waals surface area contributed by atoms with E-state index in [-0.39, 0.29) is 0 Å². The molecule has 0 heterocycles. The minimum Gasteiger partial charge on any atom is -0.372 e. The van der Waals surface area contributed by atoms with Crippen LogP contribution in [0, 0.1) is 0 Å². The zero-order valence-corrected chi connectivity index (χ0v) is 9.87. The van der Waals surface area contributed by atoms with Crippen molar-refractivity contribution >= 4 is 5.69 Å². The molecule has 0 fully saturated rings. The van der Waals surface area contributed by atoms with Gasteiger partial charge in [-0.3, -0.25) is 0 Å². The minimum absolute atomic E-state index is 0.627. The van der Waals surface area contributed by atoms with Crippen LogP contribution in [0.4, 0.5) is 5.69 Å². The summed E-state index contributed by atoms with van der Waals surface area (Å²) in [5, 5.41) is 0. The Hall–Kier alpha value is -1.02. The second-order valence-electron chi connectivity index (χ2n) is 3.86. The molecule has 0 saturated carbocycles. The summed E-state index contributed by atoms with van der Waals surface area (Å²) in [5.41, 5.74) is 8.10. The standard InChI is InChI=1S/C13H22N2/c1-3-9-15(10-4-2)13-7-5-12(11-14)6-8-13/h5-8H,3-4,9-11,14H2,1-2H3. The van der Waals surface area contributed by atoms with E-state index < -0.39 is 0 Å². The van der Waals surface area contributed by atoms with Gasteiger partial charge in [0.15, 0.2) is 0 Å². The van der Waals surface area contributed by atoms with E-state index in [1.807, 2.05) is 0 Å². The number of nitrogens with zero attached hydrogens (tertiary/aromatic N) is 1. The molecule has 0 aromatic heterocycles. The minimum atomic E-state index is 0.627. The van der Waals surface area contributed by atoms with Crippen LogP contribution in [-0.4, -0.2) is 13.1 Å². The molecule has 0 spiro atoms. The van der Waals surface area contributed by atoms with Crippen molar-refractivity contribution in [3.63, 3.8) is 0 Å². The molecule has 2 heteroatoms. The summed E-state index contributed by atoms with van der Waals surface area (Å²) >= 11 is 0. The molecule has 0 amide bonds. The van der Waals surface area contributed by atoms with E-state index >= 15 is 0 Å². The van der Waals surface area contributed by atoms with Crippen LogP contribution in [0.5, 0.6) is 0 Å². The van der Waals surface area contributed by atoms with Crippen molar-refractivity contribution in [2.75, 3.05) is 18.0 Å². The Kier molecular flexibility index (Phi) is 5.19. The zero-order chi connectivity index (χ0) is 11.1. The predicted octanol–water partition coefficient (Wildman–Crippen LogP) is 2.77. The van der Waals surface area contributed by atoms with Crippen LogP contribution in [0.2, 0.25) is 0 Å². The van der Waals surface area contributed by atoms with E-state index in [1.165, 1.54) is 24.1 Å². The van der Waals surface area contributed by atoms with Crippen LogP contribution >= 0.6 is 0 Å². The molecule has 15 heavy (non-hydrogen) atoms. The third kappa shape index (κ3) is 3.56. The molecular weight excluding hydrogens is 184 g/mol. The molecule has 0 aliphatic carbocycles. The summed E-state index contributed by atoms with van der Waals surface area (Å²) in [6.07, 6.45) is 2.39. The van der Waals surface area contributed by atoms with E-state index in [0.717, 1.165) is 13.1 Å². The Morgan fingerprint density at radius 2 is 1.53 bits per heavy atom. The number of benzene rings is 1. The molecule has 2 nitrogen and oxygen atoms in total. The molecule has 1 aromatic carbocycles. The van der Waals surface area contributed by atoms with E-state index in [9.17, 15) is 0 Å². The van der Waals surface area contributed by atoms with E-state index in [4.69, 9.17) is 5.73 Å². The van der Waals surface area contributed by atoms with E-state index in [1.54, 1.807) is 0 Å². The van der Waals surface area contributed by atoms with Crippen molar-refractivity contribution in [3.05, 3.63) is 29.8 Å². The summed E-state index contributed by atoms with van der Waals surface area (Å²) < 4.78 is 0. The fourth-order valence-electron chi connectivity index (χ4n) is 1.75. The average molecular weight is 206 g/mol. The van der Waals surface area contributed by atoms with Gasteiger partial charge in [0.2, 0.25) is 0 Å². The maximum absolute atomic E-state index is 5.58. The maximum atomic E-state index is 5.58. The van der Waals surface area contributed by atoms with Crippen molar-refractivity contribution in [2.45, 2.75) is 33.2 Å². The summed E-state index contributed by atoms with van der Waals surface area (Å²) in [7, 11) is 0. The van der Waals surface area contributed by atoms with Crippen LogP contribution in [0.15, 0.2) is 24.3 Å². The fraction of sp³-hybridized carbons (Fsp3) is 0.538. The lowest BCUT2D eigenvalue weighted by Crippen LogP contribution is -2.24. The highest BCUT2D eigenvalue weighted by Gasteiger charge is 2.03. The van der Waals surface area contributed by atoms with Crippen LogP contribution in [-0.2, 0) is 6.54 Å². The summed E-state index contributed by atoms with van der Waals surface area (Å²) in [5.74, 6) is 0. The first-order valence-corrected chi connectivity index (χ1v) is 5.85. The average Bonchev–Trinajstić information content (AvgIpc) is 2.29. The third-order valence-electron chi connectivity index (χ3n) is 2.52. The van der Waals surface area contributed by atoms with Crippen molar-refractivity contribution < 1.29 is 0 Å². The predicted molar refractivity (Wildman–Crippen MR) is 67.1 cm³/mol. The fourth-order valence-corrected chi connectivity index (χ4v) is 1.75. The molecule has 0 aliphatic rings. The highest BCUT2D eigenvalue weighted by molar-refractivity contribution is 5.47. The molecule has 2 N–H and O–H groups in total. The molecule has 0 bridgehead atoms. The van der Waals surface area contributed by atoms with Crippen LogP contribution in [0.25, 0.3) is 0 Å². The van der Waals surface area contributed by atoms with Gasteiger partial charge >= 0.3 is 0 Å². The lowest BCUT2D eigenvalue weighted by atomic mass is 10.2. The summed E-state index contributed by atoms with van der Waals surface area (Å²) in [6.45, 7) is 7.33. The topological polar surface area (TPSA) is 29.3 Å². The van der Waals surface area contributed by atoms with Crippen molar-refractivity contribution in [1.29, 1.82) is 0 Å². The van der Waals surface area contributed by atoms with Gasteiger partial charge in [-0.25, -0.2) is 0 Å². The molecule has 0 unspecified atom stereocenters. The molecule has 0 aliphatic heterocycles. The smallest absolute Gasteiger partial charge is 0.0366 e. The molecule has 84 valence electrons. The van der Waals surface area contributed by atoms with Gasteiger partial charge in [0.05, 0.1) is 0 Å². The molecule has 0 atom stereocenters. The normalized spacial score (nSPS) is 10.3. The lowest BCUT2D eigenvalue weighted by Gasteiger charge is -2.23. The number of nitrogens with two attached hydrogens (primary N) is 1. The Bertz CT molecular complexity index is 260. The number of hydrogen-bond acceptors (Lipinski definition) is 2. The first-order chi connectivity index (χ1) is 7.31. The van der Waals surface area contributed by atoms with Gasteiger partial charge in [-0.05, 0) is 30.5 Å².